The largest absolute Gasteiger partial charge is 0.481 e. The van der Waals surface area contributed by atoms with Gasteiger partial charge in [-0.25, -0.2) is 0 Å². The number of nitrogens with zero attached hydrogens (tertiary/aromatic N) is 1. The lowest BCUT2D eigenvalue weighted by molar-refractivity contribution is -0.188. The Labute approximate surface area is 126 Å². The first-order valence-corrected chi connectivity index (χ1v) is 7.46. The first-order valence-electron chi connectivity index (χ1n) is 7.46. The van der Waals surface area contributed by atoms with E-state index in [9.17, 15) is 22.8 Å². The number of hydrogen-bond donors (Lipinski definition) is 1. The number of aliphatic carboxylic acids is 1. The van der Waals surface area contributed by atoms with Crippen molar-refractivity contribution < 1.29 is 32.6 Å². The average Bonchev–Trinajstić information content (AvgIpc) is 2.45. The van der Waals surface area contributed by atoms with Crippen molar-refractivity contribution >= 4 is 11.9 Å². The molecular weight excluding hydrogens is 303 g/mol. The highest BCUT2D eigenvalue weighted by Crippen LogP contribution is 2.40. The molecule has 3 atom stereocenters. The molecule has 1 heterocycles. The lowest BCUT2D eigenvalue weighted by Crippen LogP contribution is -2.49. The number of halogens is 3. The van der Waals surface area contributed by atoms with E-state index in [2.05, 4.69) is 0 Å². The van der Waals surface area contributed by atoms with Crippen LogP contribution in [-0.4, -0.2) is 53.9 Å². The maximum absolute atomic E-state index is 12.8. The Kier molecular flexibility index (Phi) is 5.31. The Morgan fingerprint density at radius 1 is 1.27 bits per heavy atom. The normalized spacial score (nSPS) is 30.1. The Morgan fingerprint density at radius 2 is 2.00 bits per heavy atom. The minimum absolute atomic E-state index is 0.0814. The van der Waals surface area contributed by atoms with E-state index in [4.69, 9.17) is 9.84 Å². The zero-order valence-electron chi connectivity index (χ0n) is 12.1. The number of carbonyl (C=O) groups excluding carboxylic acids is 1. The fourth-order valence-corrected chi connectivity index (χ4v) is 3.21. The van der Waals surface area contributed by atoms with Crippen molar-refractivity contribution in [3.05, 3.63) is 0 Å². The van der Waals surface area contributed by atoms with Crippen molar-refractivity contribution in [1.82, 2.24) is 4.90 Å². The van der Waals surface area contributed by atoms with Crippen LogP contribution in [0.5, 0.6) is 0 Å². The van der Waals surface area contributed by atoms with Gasteiger partial charge in [0.25, 0.3) is 0 Å². The molecule has 1 N–H and O–H groups in total. The second kappa shape index (κ2) is 6.85. The second-order valence-corrected chi connectivity index (χ2v) is 5.98. The molecule has 0 aromatic rings. The molecule has 2 rings (SSSR count). The van der Waals surface area contributed by atoms with Gasteiger partial charge < -0.3 is 14.7 Å². The van der Waals surface area contributed by atoms with Gasteiger partial charge in [-0.2, -0.15) is 13.2 Å². The summed E-state index contributed by atoms with van der Waals surface area (Å²) in [5, 5.41) is 8.76. The van der Waals surface area contributed by atoms with Crippen molar-refractivity contribution in [2.24, 2.45) is 11.8 Å². The van der Waals surface area contributed by atoms with Crippen LogP contribution in [0.25, 0.3) is 0 Å². The fraction of sp³-hybridized carbons (Fsp3) is 0.857. The molecule has 1 aliphatic carbocycles. The number of rotatable bonds is 3. The van der Waals surface area contributed by atoms with Crippen LogP contribution in [0.3, 0.4) is 0 Å². The van der Waals surface area contributed by atoms with E-state index < -0.39 is 30.1 Å². The van der Waals surface area contributed by atoms with Crippen LogP contribution in [0.15, 0.2) is 0 Å². The zero-order chi connectivity index (χ0) is 16.3. The maximum atomic E-state index is 12.8. The SMILES string of the molecule is O=C(O)CC1CN(C(=O)C2CCCC(C(F)(F)F)C2)CCO1. The van der Waals surface area contributed by atoms with Gasteiger partial charge in [0.15, 0.2) is 0 Å². The van der Waals surface area contributed by atoms with Crippen molar-refractivity contribution in [2.75, 3.05) is 19.7 Å². The van der Waals surface area contributed by atoms with E-state index >= 15 is 0 Å². The summed E-state index contributed by atoms with van der Waals surface area (Å²) in [6.45, 7) is 0.666. The van der Waals surface area contributed by atoms with Gasteiger partial charge in [0.05, 0.1) is 25.0 Å². The van der Waals surface area contributed by atoms with E-state index in [0.717, 1.165) is 0 Å². The molecule has 2 fully saturated rings. The fourth-order valence-electron chi connectivity index (χ4n) is 3.21. The molecule has 5 nitrogen and oxygen atoms in total. The van der Waals surface area contributed by atoms with Gasteiger partial charge >= 0.3 is 12.1 Å². The molecule has 1 saturated heterocycles. The smallest absolute Gasteiger partial charge is 0.391 e. The number of ether oxygens (including phenoxy) is 1. The van der Waals surface area contributed by atoms with Crippen LogP contribution in [0.2, 0.25) is 0 Å². The van der Waals surface area contributed by atoms with Gasteiger partial charge in [-0.3, -0.25) is 9.59 Å². The lowest BCUT2D eigenvalue weighted by atomic mass is 9.80. The topological polar surface area (TPSA) is 66.8 Å². The van der Waals surface area contributed by atoms with Crippen LogP contribution < -0.4 is 0 Å². The minimum Gasteiger partial charge on any atom is -0.481 e. The molecule has 8 heteroatoms. The predicted molar refractivity (Wildman–Crippen MR) is 70.1 cm³/mol. The van der Waals surface area contributed by atoms with E-state index in [1.807, 2.05) is 0 Å². The molecule has 0 spiro atoms. The van der Waals surface area contributed by atoms with Gasteiger partial charge in [0, 0.05) is 19.0 Å². The average molecular weight is 323 g/mol. The summed E-state index contributed by atoms with van der Waals surface area (Å²) >= 11 is 0. The molecule has 2 aliphatic rings. The van der Waals surface area contributed by atoms with Crippen molar-refractivity contribution in [1.29, 1.82) is 0 Å². The molecule has 0 aromatic heterocycles. The molecule has 0 aromatic carbocycles. The summed E-state index contributed by atoms with van der Waals surface area (Å²) in [7, 11) is 0. The number of hydrogen-bond acceptors (Lipinski definition) is 3. The van der Waals surface area contributed by atoms with E-state index in [1.54, 1.807) is 0 Å². The van der Waals surface area contributed by atoms with Gasteiger partial charge in [-0.15, -0.1) is 0 Å². The summed E-state index contributed by atoms with van der Waals surface area (Å²) in [5.41, 5.74) is 0. The molecule has 3 unspecified atom stereocenters. The molecule has 1 amide bonds. The highest BCUT2D eigenvalue weighted by atomic mass is 19.4. The van der Waals surface area contributed by atoms with E-state index in [1.165, 1.54) is 4.90 Å². The number of carbonyl (C=O) groups is 2. The first kappa shape index (κ1) is 17.1. The van der Waals surface area contributed by atoms with E-state index in [0.29, 0.717) is 19.4 Å². The highest BCUT2D eigenvalue weighted by Gasteiger charge is 2.44. The standard InChI is InChI=1S/C14H20F3NO4/c15-14(16,17)10-3-1-2-9(6-10)13(21)18-4-5-22-11(8-18)7-12(19)20/h9-11H,1-8H2,(H,19,20). The number of alkyl halides is 3. The number of morpholine rings is 1. The first-order chi connectivity index (χ1) is 10.3. The molecule has 22 heavy (non-hydrogen) atoms. The number of carboxylic acids is 1. The van der Waals surface area contributed by atoms with E-state index in [-0.39, 0.29) is 38.3 Å². The van der Waals surface area contributed by atoms with Crippen LogP contribution in [0.1, 0.15) is 32.1 Å². The van der Waals surface area contributed by atoms with Gasteiger partial charge in [0.2, 0.25) is 5.91 Å². The zero-order valence-corrected chi connectivity index (χ0v) is 12.1. The Hall–Kier alpha value is -1.31. The third-order valence-corrected chi connectivity index (χ3v) is 4.34. The van der Waals surface area contributed by atoms with Crippen LogP contribution in [0.4, 0.5) is 13.2 Å². The van der Waals surface area contributed by atoms with Crippen LogP contribution in [-0.2, 0) is 14.3 Å². The molecule has 0 radical (unpaired) electrons. The summed E-state index contributed by atoms with van der Waals surface area (Å²) in [5.74, 6) is -3.35. The summed E-state index contributed by atoms with van der Waals surface area (Å²) in [4.78, 5) is 24.6. The molecule has 0 bridgehead atoms. The monoisotopic (exact) mass is 323 g/mol. The van der Waals surface area contributed by atoms with Crippen molar-refractivity contribution in [3.8, 4) is 0 Å². The molecule has 1 aliphatic heterocycles. The summed E-state index contributed by atoms with van der Waals surface area (Å²) in [6, 6.07) is 0. The Morgan fingerprint density at radius 3 is 2.64 bits per heavy atom. The summed E-state index contributed by atoms with van der Waals surface area (Å²) < 4.78 is 43.7. The quantitative estimate of drug-likeness (QED) is 0.863. The highest BCUT2D eigenvalue weighted by molar-refractivity contribution is 5.79. The Bertz CT molecular complexity index is 427. The molecule has 1 saturated carbocycles. The third-order valence-electron chi connectivity index (χ3n) is 4.34. The van der Waals surface area contributed by atoms with Gasteiger partial charge in [0.1, 0.15) is 0 Å². The molecule has 126 valence electrons. The summed E-state index contributed by atoms with van der Waals surface area (Å²) in [6.07, 6.45) is -4.27. The van der Waals surface area contributed by atoms with Crippen molar-refractivity contribution in [2.45, 2.75) is 44.4 Å². The maximum Gasteiger partial charge on any atom is 0.391 e. The minimum atomic E-state index is -4.25. The predicted octanol–water partition coefficient (Wildman–Crippen LogP) is 2.06. The van der Waals surface area contributed by atoms with Gasteiger partial charge in [-0.05, 0) is 19.3 Å². The second-order valence-electron chi connectivity index (χ2n) is 5.98. The van der Waals surface area contributed by atoms with Gasteiger partial charge in [-0.1, -0.05) is 6.42 Å². The third kappa shape index (κ3) is 4.34. The van der Waals surface area contributed by atoms with Crippen LogP contribution in [0, 0.1) is 11.8 Å². The number of carboxylic acid groups (broad SMARTS) is 1. The number of amides is 1. The molecular formula is C14H20F3NO4. The lowest BCUT2D eigenvalue weighted by Gasteiger charge is -2.37. The Balaban J connectivity index is 1.94. The van der Waals surface area contributed by atoms with Crippen molar-refractivity contribution in [3.63, 3.8) is 0 Å². The van der Waals surface area contributed by atoms with Crippen LogP contribution >= 0.6 is 0 Å².